The third-order valence-corrected chi connectivity index (χ3v) is 6.38. The zero-order valence-electron chi connectivity index (χ0n) is 24.8. The van der Waals surface area contributed by atoms with E-state index in [2.05, 4.69) is 51.5 Å². The maximum absolute atomic E-state index is 12.7. The molecule has 0 radical (unpaired) electrons. The van der Waals surface area contributed by atoms with Gasteiger partial charge in [-0.05, 0) is 48.9 Å². The minimum atomic E-state index is -0.751. The number of rotatable bonds is 17. The molecule has 0 aliphatic heterocycles. The van der Waals surface area contributed by atoms with Crippen LogP contribution in [0.3, 0.4) is 0 Å². The molecular weight excluding hydrogens is 520 g/mol. The second kappa shape index (κ2) is 17.6. The van der Waals surface area contributed by atoms with Gasteiger partial charge in [0.15, 0.2) is 6.10 Å². The van der Waals surface area contributed by atoms with Gasteiger partial charge in [0.2, 0.25) is 0 Å². The Morgan fingerprint density at radius 1 is 0.900 bits per heavy atom. The average molecular weight is 569 g/mol. The molecule has 1 rings (SSSR count). The predicted octanol–water partition coefficient (Wildman–Crippen LogP) is 4.30. The molecule has 40 heavy (non-hydrogen) atoms. The lowest BCUT2D eigenvalue weighted by atomic mass is 9.62. The first-order chi connectivity index (χ1) is 18.8. The number of alkyl carbamates (subject to hydrolysis) is 2. The Balaban J connectivity index is 2.57. The molecule has 0 heterocycles. The number of carbonyl (C=O) groups excluding carboxylic acids is 4. The fourth-order valence-electron chi connectivity index (χ4n) is 5.06. The van der Waals surface area contributed by atoms with Gasteiger partial charge in [-0.2, -0.15) is 0 Å². The maximum atomic E-state index is 12.7. The van der Waals surface area contributed by atoms with Crippen molar-refractivity contribution in [3.05, 3.63) is 25.3 Å². The van der Waals surface area contributed by atoms with Crippen LogP contribution in [0.5, 0.6) is 0 Å². The summed E-state index contributed by atoms with van der Waals surface area (Å²) in [5.74, 6) is -0.632. The second-order valence-electron chi connectivity index (χ2n) is 11.7. The van der Waals surface area contributed by atoms with E-state index in [9.17, 15) is 19.2 Å². The van der Waals surface area contributed by atoms with Crippen molar-refractivity contribution in [1.82, 2.24) is 10.6 Å². The number of carbonyl (C=O) groups is 4. The first-order valence-corrected chi connectivity index (χ1v) is 13.8. The second-order valence-corrected chi connectivity index (χ2v) is 11.7. The van der Waals surface area contributed by atoms with Crippen LogP contribution in [0.15, 0.2) is 25.3 Å². The maximum Gasteiger partial charge on any atom is 0.407 e. The van der Waals surface area contributed by atoms with Crippen molar-refractivity contribution in [3.8, 4) is 0 Å². The summed E-state index contributed by atoms with van der Waals surface area (Å²) in [6, 6.07) is -0.196. The van der Waals surface area contributed by atoms with Gasteiger partial charge in [0, 0.05) is 31.3 Å². The standard InChI is InChI=1S/C29H48N2O9/c1-8-24(32)37-13-14-38-26(34)30-20-29(7)16-22(15-28(5,6)19-29)31-27(35)39-18-23(40-25(33)9-2)17-36-12-10-11-21(3)4/h8-9,21-23H,1-2,10-20H2,3-7H3,(H,30,34)(H,31,35). The molecule has 11 heteroatoms. The lowest BCUT2D eigenvalue weighted by molar-refractivity contribution is -0.148. The van der Waals surface area contributed by atoms with Gasteiger partial charge < -0.3 is 34.3 Å². The number of hydrogen-bond donors (Lipinski definition) is 2. The van der Waals surface area contributed by atoms with Crippen LogP contribution in [0.1, 0.15) is 66.7 Å². The minimum Gasteiger partial charge on any atom is -0.459 e. The summed E-state index contributed by atoms with van der Waals surface area (Å²) in [5.41, 5.74) is -0.429. The number of ether oxygens (including phenoxy) is 5. The van der Waals surface area contributed by atoms with E-state index in [1.807, 2.05) is 6.92 Å². The minimum absolute atomic E-state index is 0.0609. The van der Waals surface area contributed by atoms with Crippen molar-refractivity contribution in [1.29, 1.82) is 0 Å². The Morgan fingerprint density at radius 3 is 2.23 bits per heavy atom. The summed E-state index contributed by atoms with van der Waals surface area (Å²) < 4.78 is 26.1. The van der Waals surface area contributed by atoms with Crippen molar-refractivity contribution >= 4 is 24.1 Å². The molecule has 0 saturated heterocycles. The molecule has 0 bridgehead atoms. The molecule has 2 N–H and O–H groups in total. The summed E-state index contributed by atoms with van der Waals surface area (Å²) in [5, 5.41) is 5.69. The van der Waals surface area contributed by atoms with E-state index in [1.54, 1.807) is 0 Å². The fourth-order valence-corrected chi connectivity index (χ4v) is 5.06. The Bertz CT molecular complexity index is 858. The molecule has 3 atom stereocenters. The highest BCUT2D eigenvalue weighted by atomic mass is 16.6. The van der Waals surface area contributed by atoms with E-state index in [1.165, 1.54) is 0 Å². The quantitative estimate of drug-likeness (QED) is 0.114. The van der Waals surface area contributed by atoms with Crippen LogP contribution in [-0.4, -0.2) is 75.9 Å². The monoisotopic (exact) mass is 568 g/mol. The van der Waals surface area contributed by atoms with E-state index in [4.69, 9.17) is 23.7 Å². The highest BCUT2D eigenvalue weighted by molar-refractivity contribution is 5.81. The van der Waals surface area contributed by atoms with Crippen LogP contribution >= 0.6 is 0 Å². The van der Waals surface area contributed by atoms with Crippen molar-refractivity contribution in [2.75, 3.05) is 39.6 Å². The van der Waals surface area contributed by atoms with Gasteiger partial charge in [0.05, 0.1) is 6.61 Å². The largest absolute Gasteiger partial charge is 0.459 e. The van der Waals surface area contributed by atoms with Crippen LogP contribution in [0.4, 0.5) is 9.59 Å². The lowest BCUT2D eigenvalue weighted by Crippen LogP contribution is -2.50. The predicted molar refractivity (Wildman–Crippen MR) is 149 cm³/mol. The van der Waals surface area contributed by atoms with Crippen molar-refractivity contribution in [2.24, 2.45) is 16.7 Å². The molecule has 1 fully saturated rings. The average Bonchev–Trinajstić information content (AvgIpc) is 2.86. The van der Waals surface area contributed by atoms with Gasteiger partial charge >= 0.3 is 24.1 Å². The molecule has 11 nitrogen and oxygen atoms in total. The first kappa shape index (κ1) is 34.9. The molecule has 3 unspecified atom stereocenters. The highest BCUT2D eigenvalue weighted by Gasteiger charge is 2.42. The normalized spacial score (nSPS) is 20.5. The van der Waals surface area contributed by atoms with Gasteiger partial charge in [-0.25, -0.2) is 19.2 Å². The van der Waals surface area contributed by atoms with Crippen LogP contribution in [0, 0.1) is 16.7 Å². The molecule has 1 aliphatic carbocycles. The third kappa shape index (κ3) is 15.5. The Morgan fingerprint density at radius 2 is 1.57 bits per heavy atom. The van der Waals surface area contributed by atoms with Crippen molar-refractivity contribution in [3.63, 3.8) is 0 Å². The molecule has 0 aromatic rings. The summed E-state index contributed by atoms with van der Waals surface area (Å²) in [7, 11) is 0. The molecular formula is C29H48N2O9. The molecule has 0 aromatic heterocycles. The van der Waals surface area contributed by atoms with Crippen LogP contribution < -0.4 is 10.6 Å². The fraction of sp³-hybridized carbons (Fsp3) is 0.724. The van der Waals surface area contributed by atoms with Gasteiger partial charge in [-0.15, -0.1) is 0 Å². The molecule has 2 amide bonds. The summed E-state index contributed by atoms with van der Waals surface area (Å²) in [6.45, 7) is 17.9. The third-order valence-electron chi connectivity index (χ3n) is 6.38. The Hall–Kier alpha value is -3.08. The topological polar surface area (TPSA) is 138 Å². The number of nitrogens with one attached hydrogen (secondary N) is 2. The molecule has 1 saturated carbocycles. The summed E-state index contributed by atoms with van der Waals surface area (Å²) in [4.78, 5) is 47.5. The molecule has 1 aliphatic rings. The smallest absolute Gasteiger partial charge is 0.407 e. The highest BCUT2D eigenvalue weighted by Crippen LogP contribution is 2.45. The zero-order chi connectivity index (χ0) is 30.2. The Labute approximate surface area is 238 Å². The van der Waals surface area contributed by atoms with Gasteiger partial charge in [0.1, 0.15) is 19.8 Å². The SMILES string of the molecule is C=CC(=O)OCCOC(=O)NCC1(C)CC(NC(=O)OCC(COCCCC(C)C)OC(=O)C=C)CC(C)(C)C1. The van der Waals surface area contributed by atoms with Gasteiger partial charge in [-0.3, -0.25) is 0 Å². The van der Waals surface area contributed by atoms with E-state index >= 15 is 0 Å². The van der Waals surface area contributed by atoms with Crippen LogP contribution in [0.2, 0.25) is 0 Å². The van der Waals surface area contributed by atoms with Crippen molar-refractivity contribution in [2.45, 2.75) is 78.9 Å². The van der Waals surface area contributed by atoms with Gasteiger partial charge in [-0.1, -0.05) is 47.8 Å². The van der Waals surface area contributed by atoms with Crippen LogP contribution in [-0.2, 0) is 33.3 Å². The number of amides is 2. The van der Waals surface area contributed by atoms with Gasteiger partial charge in [0.25, 0.3) is 0 Å². The summed E-state index contributed by atoms with van der Waals surface area (Å²) >= 11 is 0. The Kier molecular flexibility index (Phi) is 15.4. The van der Waals surface area contributed by atoms with Crippen LogP contribution in [0.25, 0.3) is 0 Å². The zero-order valence-corrected chi connectivity index (χ0v) is 24.8. The van der Waals surface area contributed by atoms with E-state index < -0.39 is 30.2 Å². The molecule has 228 valence electrons. The lowest BCUT2D eigenvalue weighted by Gasteiger charge is -2.46. The molecule has 0 aromatic carbocycles. The number of esters is 2. The number of hydrogen-bond acceptors (Lipinski definition) is 9. The summed E-state index contributed by atoms with van der Waals surface area (Å²) in [6.07, 6.45) is 4.16. The first-order valence-electron chi connectivity index (χ1n) is 13.8. The molecule has 0 spiro atoms. The van der Waals surface area contributed by atoms with E-state index in [-0.39, 0.29) is 43.3 Å². The van der Waals surface area contributed by atoms with Crippen molar-refractivity contribution < 1.29 is 42.9 Å². The van der Waals surface area contributed by atoms with E-state index in [0.717, 1.165) is 37.8 Å². The van der Waals surface area contributed by atoms with E-state index in [0.29, 0.717) is 25.5 Å².